The Bertz CT molecular complexity index is 1050. The lowest BCUT2D eigenvalue weighted by atomic mass is 10.1. The quantitative estimate of drug-likeness (QED) is 0.543. The van der Waals surface area contributed by atoms with E-state index in [9.17, 15) is 9.90 Å². The molecule has 0 amide bonds. The Morgan fingerprint density at radius 2 is 2.15 bits per heavy atom. The molecule has 1 N–H and O–H groups in total. The Morgan fingerprint density at radius 1 is 1.35 bits per heavy atom. The van der Waals surface area contributed by atoms with Gasteiger partial charge >= 0.3 is 0 Å². The molecule has 1 atom stereocenters. The molecule has 0 fully saturated rings. The number of aliphatic hydroxyl groups excluding tert-OH is 1. The van der Waals surface area contributed by atoms with Crippen LogP contribution in [0.25, 0.3) is 15.9 Å². The molecule has 0 aliphatic heterocycles. The van der Waals surface area contributed by atoms with Gasteiger partial charge in [0.15, 0.2) is 5.16 Å². The topological polar surface area (TPSA) is 55.1 Å². The first kappa shape index (κ1) is 17.8. The van der Waals surface area contributed by atoms with E-state index in [4.69, 9.17) is 4.98 Å². The summed E-state index contributed by atoms with van der Waals surface area (Å²) in [6, 6.07) is 6.12. The Morgan fingerprint density at radius 3 is 2.88 bits per heavy atom. The van der Waals surface area contributed by atoms with Gasteiger partial charge in [-0.05, 0) is 57.2 Å². The van der Waals surface area contributed by atoms with Gasteiger partial charge in [-0.25, -0.2) is 4.98 Å². The molecule has 136 valence electrons. The maximum absolute atomic E-state index is 13.5. The molecule has 0 bridgehead atoms. The number of thiophene rings is 1. The van der Waals surface area contributed by atoms with E-state index < -0.39 is 6.10 Å². The zero-order valence-electron chi connectivity index (χ0n) is 15.2. The van der Waals surface area contributed by atoms with Crippen LogP contribution in [0.2, 0.25) is 0 Å². The van der Waals surface area contributed by atoms with Crippen molar-refractivity contribution < 1.29 is 5.11 Å². The standard InChI is InChI=1S/C20H22N2O2S2/c1-11-7-8-15(12(2)9-11)22-19(24)17-14-5-4-6-16(14)26-18(17)21-20(22)25-10-13(3)23/h7-9,13,23H,4-6,10H2,1-3H3. The number of aromatic nitrogens is 2. The predicted molar refractivity (Wildman–Crippen MR) is 109 cm³/mol. The van der Waals surface area contributed by atoms with Gasteiger partial charge in [-0.2, -0.15) is 0 Å². The van der Waals surface area contributed by atoms with Gasteiger partial charge in [-0.15, -0.1) is 11.3 Å². The molecular formula is C20H22N2O2S2. The van der Waals surface area contributed by atoms with Gasteiger partial charge in [-0.1, -0.05) is 29.5 Å². The summed E-state index contributed by atoms with van der Waals surface area (Å²) >= 11 is 3.10. The molecule has 0 saturated heterocycles. The molecule has 1 aliphatic rings. The third kappa shape index (κ3) is 3.00. The first-order valence-corrected chi connectivity index (χ1v) is 10.7. The highest BCUT2D eigenvalue weighted by molar-refractivity contribution is 7.99. The number of nitrogens with zero attached hydrogens (tertiary/aromatic N) is 2. The van der Waals surface area contributed by atoms with Crippen molar-refractivity contribution in [2.75, 3.05) is 5.75 Å². The highest BCUT2D eigenvalue weighted by Crippen LogP contribution is 2.36. The minimum absolute atomic E-state index is 0.0226. The van der Waals surface area contributed by atoms with Crippen LogP contribution in [0.3, 0.4) is 0 Å². The van der Waals surface area contributed by atoms with Gasteiger partial charge in [0.1, 0.15) is 4.83 Å². The average Bonchev–Trinajstić information content (AvgIpc) is 3.14. The second-order valence-corrected chi connectivity index (χ2v) is 9.09. The van der Waals surface area contributed by atoms with Gasteiger partial charge < -0.3 is 5.11 Å². The van der Waals surface area contributed by atoms with Crippen LogP contribution in [0.5, 0.6) is 0 Å². The second kappa shape index (κ2) is 6.83. The van der Waals surface area contributed by atoms with E-state index in [0.29, 0.717) is 10.9 Å². The number of thioether (sulfide) groups is 1. The van der Waals surface area contributed by atoms with Crippen molar-refractivity contribution in [2.45, 2.75) is 51.3 Å². The van der Waals surface area contributed by atoms with E-state index in [1.54, 1.807) is 22.8 Å². The van der Waals surface area contributed by atoms with E-state index in [1.807, 2.05) is 19.1 Å². The maximum atomic E-state index is 13.5. The number of hydrogen-bond donors (Lipinski definition) is 1. The molecule has 4 nitrogen and oxygen atoms in total. The Kier molecular flexibility index (Phi) is 4.67. The van der Waals surface area contributed by atoms with Gasteiger partial charge in [0.25, 0.3) is 5.56 Å². The fourth-order valence-electron chi connectivity index (χ4n) is 3.59. The van der Waals surface area contributed by atoms with Crippen LogP contribution in [-0.4, -0.2) is 26.5 Å². The predicted octanol–water partition coefficient (Wildman–Crippen LogP) is 4.03. The van der Waals surface area contributed by atoms with E-state index in [2.05, 4.69) is 13.0 Å². The van der Waals surface area contributed by atoms with Crippen molar-refractivity contribution in [3.63, 3.8) is 0 Å². The summed E-state index contributed by atoms with van der Waals surface area (Å²) in [6.07, 6.45) is 2.70. The van der Waals surface area contributed by atoms with Crippen LogP contribution >= 0.6 is 23.1 Å². The van der Waals surface area contributed by atoms with Crippen molar-refractivity contribution >= 4 is 33.3 Å². The van der Waals surface area contributed by atoms with Crippen LogP contribution in [0, 0.1) is 13.8 Å². The molecule has 2 aromatic heterocycles. The SMILES string of the molecule is Cc1ccc(-n2c(SCC(C)O)nc3sc4c(c3c2=O)CCC4)c(C)c1. The summed E-state index contributed by atoms with van der Waals surface area (Å²) < 4.78 is 1.75. The molecule has 1 aliphatic carbocycles. The summed E-state index contributed by atoms with van der Waals surface area (Å²) in [5.41, 5.74) is 4.32. The third-order valence-corrected chi connectivity index (χ3v) is 7.12. The Hall–Kier alpha value is -1.63. The molecule has 6 heteroatoms. The molecule has 26 heavy (non-hydrogen) atoms. The zero-order valence-corrected chi connectivity index (χ0v) is 16.8. The minimum atomic E-state index is -0.450. The number of fused-ring (bicyclic) bond motifs is 3. The van der Waals surface area contributed by atoms with Crippen molar-refractivity contribution in [1.82, 2.24) is 9.55 Å². The van der Waals surface area contributed by atoms with Gasteiger partial charge in [-0.3, -0.25) is 9.36 Å². The van der Waals surface area contributed by atoms with Crippen LogP contribution in [0.1, 0.15) is 34.9 Å². The lowest BCUT2D eigenvalue weighted by Gasteiger charge is -2.15. The highest BCUT2D eigenvalue weighted by atomic mass is 32.2. The summed E-state index contributed by atoms with van der Waals surface area (Å²) in [4.78, 5) is 20.5. The molecule has 4 rings (SSSR count). The number of aryl methyl sites for hydroxylation is 4. The smallest absolute Gasteiger partial charge is 0.267 e. The highest BCUT2D eigenvalue weighted by Gasteiger charge is 2.24. The van der Waals surface area contributed by atoms with Crippen LogP contribution in [0.4, 0.5) is 0 Å². The van der Waals surface area contributed by atoms with E-state index in [0.717, 1.165) is 40.7 Å². The van der Waals surface area contributed by atoms with E-state index >= 15 is 0 Å². The molecule has 3 aromatic rings. The van der Waals surface area contributed by atoms with Gasteiger partial charge in [0.2, 0.25) is 0 Å². The lowest BCUT2D eigenvalue weighted by molar-refractivity contribution is 0.220. The van der Waals surface area contributed by atoms with Crippen LogP contribution in [-0.2, 0) is 12.8 Å². The summed E-state index contributed by atoms with van der Waals surface area (Å²) in [5, 5.41) is 11.2. The molecule has 0 radical (unpaired) electrons. The third-order valence-electron chi connectivity index (χ3n) is 4.75. The van der Waals surface area contributed by atoms with Crippen molar-refractivity contribution in [1.29, 1.82) is 0 Å². The first-order chi connectivity index (χ1) is 12.5. The second-order valence-electron chi connectivity index (χ2n) is 7.02. The molecule has 2 heterocycles. The molecule has 1 aromatic carbocycles. The van der Waals surface area contributed by atoms with E-state index in [-0.39, 0.29) is 5.56 Å². The Balaban J connectivity index is 1.99. The van der Waals surface area contributed by atoms with Crippen molar-refractivity contribution in [3.8, 4) is 5.69 Å². The largest absolute Gasteiger partial charge is 0.393 e. The van der Waals surface area contributed by atoms with Crippen LogP contribution < -0.4 is 5.56 Å². The summed E-state index contributed by atoms with van der Waals surface area (Å²) in [7, 11) is 0. The molecule has 0 spiro atoms. The molecule has 0 saturated carbocycles. The van der Waals surface area contributed by atoms with Crippen molar-refractivity contribution in [2.24, 2.45) is 0 Å². The van der Waals surface area contributed by atoms with Gasteiger partial charge in [0.05, 0.1) is 17.2 Å². The maximum Gasteiger partial charge on any atom is 0.267 e. The fourth-order valence-corrected chi connectivity index (χ4v) is 5.75. The summed E-state index contributed by atoms with van der Waals surface area (Å²) in [6.45, 7) is 5.83. The Labute approximate surface area is 160 Å². The van der Waals surface area contributed by atoms with Crippen LogP contribution in [0.15, 0.2) is 28.2 Å². The first-order valence-electron chi connectivity index (χ1n) is 8.91. The molecule has 1 unspecified atom stereocenters. The number of rotatable bonds is 4. The number of aliphatic hydroxyl groups is 1. The average molecular weight is 387 g/mol. The van der Waals surface area contributed by atoms with Gasteiger partial charge in [0, 0.05) is 10.6 Å². The lowest BCUT2D eigenvalue weighted by Crippen LogP contribution is -2.23. The normalized spacial score (nSPS) is 14.8. The monoisotopic (exact) mass is 386 g/mol. The number of hydrogen-bond acceptors (Lipinski definition) is 5. The summed E-state index contributed by atoms with van der Waals surface area (Å²) in [5.74, 6) is 0.508. The van der Waals surface area contributed by atoms with Crippen molar-refractivity contribution in [3.05, 3.63) is 50.1 Å². The number of benzene rings is 1. The zero-order chi connectivity index (χ0) is 18.4. The molecular weight excluding hydrogens is 364 g/mol. The fraction of sp³-hybridized carbons (Fsp3) is 0.400. The minimum Gasteiger partial charge on any atom is -0.393 e. The van der Waals surface area contributed by atoms with E-state index in [1.165, 1.54) is 27.8 Å².